The van der Waals surface area contributed by atoms with Crippen molar-refractivity contribution in [2.24, 2.45) is 0 Å². The summed E-state index contributed by atoms with van der Waals surface area (Å²) in [6, 6.07) is 0.801. The minimum atomic E-state index is 0.801. The Hall–Kier alpha value is -0.0400. The van der Waals surface area contributed by atoms with Crippen LogP contribution in [0.5, 0.6) is 0 Å². The van der Waals surface area contributed by atoms with E-state index in [-0.39, 0.29) is 0 Å². The first-order valence-corrected chi connectivity index (χ1v) is 3.88. The summed E-state index contributed by atoms with van der Waals surface area (Å²) in [6.07, 6.45) is 3.92. The highest BCUT2D eigenvalue weighted by molar-refractivity contribution is 4.61. The molecule has 0 fully saturated rings. The van der Waals surface area contributed by atoms with Crippen LogP contribution in [0.1, 0.15) is 33.1 Å². The molecule has 0 N–H and O–H groups in total. The molecule has 0 saturated carbocycles. The molecule has 1 unspecified atom stereocenters. The maximum atomic E-state index is 2.31. The topological polar surface area (TPSA) is 3.24 Å². The van der Waals surface area contributed by atoms with Gasteiger partial charge in [-0.05, 0) is 26.9 Å². The molecule has 1 nitrogen and oxygen atoms in total. The highest BCUT2D eigenvalue weighted by atomic mass is 15.1. The zero-order chi connectivity index (χ0) is 7.28. The summed E-state index contributed by atoms with van der Waals surface area (Å²) in [4.78, 5) is 2.31. The Morgan fingerprint density at radius 1 is 1.22 bits per heavy atom. The van der Waals surface area contributed by atoms with Crippen LogP contribution in [0.25, 0.3) is 0 Å². The SMILES string of the molecule is CCCC(CC)N(C)C. The first-order chi connectivity index (χ1) is 4.22. The van der Waals surface area contributed by atoms with Crippen molar-refractivity contribution >= 4 is 0 Å². The molecule has 0 aliphatic carbocycles. The van der Waals surface area contributed by atoms with E-state index < -0.39 is 0 Å². The number of hydrogen-bond donors (Lipinski definition) is 0. The lowest BCUT2D eigenvalue weighted by Gasteiger charge is -2.21. The molecule has 0 spiro atoms. The van der Waals surface area contributed by atoms with Crippen molar-refractivity contribution in [3.63, 3.8) is 0 Å². The van der Waals surface area contributed by atoms with Gasteiger partial charge in [-0.1, -0.05) is 20.3 Å². The summed E-state index contributed by atoms with van der Waals surface area (Å²) in [5, 5.41) is 0. The van der Waals surface area contributed by atoms with Gasteiger partial charge in [0.2, 0.25) is 0 Å². The minimum absolute atomic E-state index is 0.801. The van der Waals surface area contributed by atoms with E-state index in [0.29, 0.717) is 0 Å². The highest BCUT2D eigenvalue weighted by Gasteiger charge is 2.05. The van der Waals surface area contributed by atoms with Crippen LogP contribution in [0.2, 0.25) is 0 Å². The second-order valence-electron chi connectivity index (χ2n) is 2.81. The zero-order valence-corrected chi connectivity index (χ0v) is 7.15. The molecular weight excluding hydrogens is 110 g/mol. The quantitative estimate of drug-likeness (QED) is 0.562. The molecule has 0 bridgehead atoms. The van der Waals surface area contributed by atoms with Crippen molar-refractivity contribution < 1.29 is 0 Å². The van der Waals surface area contributed by atoms with Gasteiger partial charge in [-0.3, -0.25) is 0 Å². The Morgan fingerprint density at radius 3 is 1.89 bits per heavy atom. The summed E-state index contributed by atoms with van der Waals surface area (Å²) in [5.74, 6) is 0. The van der Waals surface area contributed by atoms with E-state index in [1.165, 1.54) is 19.3 Å². The molecule has 0 radical (unpaired) electrons. The smallest absolute Gasteiger partial charge is 0.00864 e. The molecule has 0 amide bonds. The van der Waals surface area contributed by atoms with Gasteiger partial charge in [0.1, 0.15) is 0 Å². The summed E-state index contributed by atoms with van der Waals surface area (Å²) < 4.78 is 0. The van der Waals surface area contributed by atoms with Crippen LogP contribution in [-0.4, -0.2) is 25.0 Å². The van der Waals surface area contributed by atoms with Crippen LogP contribution in [0, 0.1) is 0 Å². The Morgan fingerprint density at radius 2 is 1.78 bits per heavy atom. The Bertz CT molecular complexity index is 59.6. The molecule has 0 aromatic carbocycles. The summed E-state index contributed by atoms with van der Waals surface area (Å²) in [6.45, 7) is 4.49. The van der Waals surface area contributed by atoms with Crippen LogP contribution >= 0.6 is 0 Å². The van der Waals surface area contributed by atoms with E-state index in [0.717, 1.165) is 6.04 Å². The third kappa shape index (κ3) is 3.52. The fourth-order valence-corrected chi connectivity index (χ4v) is 1.16. The first-order valence-electron chi connectivity index (χ1n) is 3.88. The van der Waals surface area contributed by atoms with Crippen molar-refractivity contribution in [2.75, 3.05) is 14.1 Å². The van der Waals surface area contributed by atoms with E-state index in [1.807, 2.05) is 0 Å². The van der Waals surface area contributed by atoms with Gasteiger partial charge in [0.05, 0.1) is 0 Å². The average Bonchev–Trinajstić information content (AvgIpc) is 1.82. The molecule has 0 aliphatic rings. The van der Waals surface area contributed by atoms with E-state index in [2.05, 4.69) is 32.8 Å². The third-order valence-electron chi connectivity index (χ3n) is 1.82. The van der Waals surface area contributed by atoms with E-state index >= 15 is 0 Å². The van der Waals surface area contributed by atoms with E-state index in [4.69, 9.17) is 0 Å². The van der Waals surface area contributed by atoms with Gasteiger partial charge in [-0.25, -0.2) is 0 Å². The molecule has 56 valence electrons. The lowest BCUT2D eigenvalue weighted by molar-refractivity contribution is 0.269. The van der Waals surface area contributed by atoms with Crippen molar-refractivity contribution in [1.29, 1.82) is 0 Å². The zero-order valence-electron chi connectivity index (χ0n) is 7.15. The molecule has 9 heavy (non-hydrogen) atoms. The van der Waals surface area contributed by atoms with Crippen molar-refractivity contribution in [3.8, 4) is 0 Å². The monoisotopic (exact) mass is 129 g/mol. The molecular formula is C8H19N. The van der Waals surface area contributed by atoms with Gasteiger partial charge < -0.3 is 4.90 Å². The van der Waals surface area contributed by atoms with Crippen LogP contribution in [-0.2, 0) is 0 Å². The number of rotatable bonds is 4. The van der Waals surface area contributed by atoms with Gasteiger partial charge in [-0.15, -0.1) is 0 Å². The molecule has 0 aromatic rings. The second kappa shape index (κ2) is 4.80. The maximum absolute atomic E-state index is 2.31. The van der Waals surface area contributed by atoms with Crippen LogP contribution in [0.4, 0.5) is 0 Å². The van der Waals surface area contributed by atoms with Crippen molar-refractivity contribution in [3.05, 3.63) is 0 Å². The van der Waals surface area contributed by atoms with Gasteiger partial charge in [0, 0.05) is 6.04 Å². The molecule has 1 atom stereocenters. The van der Waals surface area contributed by atoms with E-state index in [9.17, 15) is 0 Å². The fraction of sp³-hybridized carbons (Fsp3) is 1.00. The predicted octanol–water partition coefficient (Wildman–Crippen LogP) is 2.13. The van der Waals surface area contributed by atoms with Gasteiger partial charge in [0.15, 0.2) is 0 Å². The van der Waals surface area contributed by atoms with E-state index in [1.54, 1.807) is 0 Å². The summed E-state index contributed by atoms with van der Waals surface area (Å²) in [5.41, 5.74) is 0. The van der Waals surface area contributed by atoms with Crippen LogP contribution in [0.15, 0.2) is 0 Å². The maximum Gasteiger partial charge on any atom is 0.00864 e. The van der Waals surface area contributed by atoms with Crippen molar-refractivity contribution in [2.45, 2.75) is 39.2 Å². The fourth-order valence-electron chi connectivity index (χ4n) is 1.16. The molecule has 0 heterocycles. The lowest BCUT2D eigenvalue weighted by atomic mass is 10.1. The second-order valence-corrected chi connectivity index (χ2v) is 2.81. The van der Waals surface area contributed by atoms with Crippen molar-refractivity contribution in [1.82, 2.24) is 4.90 Å². The van der Waals surface area contributed by atoms with Gasteiger partial charge >= 0.3 is 0 Å². The Kier molecular flexibility index (Phi) is 4.78. The Labute approximate surface area is 59.1 Å². The number of nitrogens with zero attached hydrogens (tertiary/aromatic N) is 1. The standard InChI is InChI=1S/C8H19N/c1-5-7-8(6-2)9(3)4/h8H,5-7H2,1-4H3. The minimum Gasteiger partial charge on any atom is -0.306 e. The van der Waals surface area contributed by atoms with Gasteiger partial charge in [-0.2, -0.15) is 0 Å². The normalized spacial score (nSPS) is 14.3. The molecule has 0 aliphatic heterocycles. The summed E-state index contributed by atoms with van der Waals surface area (Å²) >= 11 is 0. The lowest BCUT2D eigenvalue weighted by Crippen LogP contribution is -2.26. The average molecular weight is 129 g/mol. The molecule has 0 saturated heterocycles. The molecule has 0 rings (SSSR count). The largest absolute Gasteiger partial charge is 0.306 e. The Balaban J connectivity index is 3.41. The van der Waals surface area contributed by atoms with Gasteiger partial charge in [0.25, 0.3) is 0 Å². The molecule has 0 aromatic heterocycles. The highest BCUT2D eigenvalue weighted by Crippen LogP contribution is 2.05. The number of hydrogen-bond acceptors (Lipinski definition) is 1. The summed E-state index contributed by atoms with van der Waals surface area (Å²) in [7, 11) is 4.31. The predicted molar refractivity (Wildman–Crippen MR) is 42.7 cm³/mol. The third-order valence-corrected chi connectivity index (χ3v) is 1.82. The van der Waals surface area contributed by atoms with Crippen LogP contribution in [0.3, 0.4) is 0 Å². The molecule has 1 heteroatoms. The first kappa shape index (κ1) is 8.96. The van der Waals surface area contributed by atoms with Crippen LogP contribution < -0.4 is 0 Å².